The first-order valence-corrected chi connectivity index (χ1v) is 12.4. The zero-order chi connectivity index (χ0) is 26.2. The quantitative estimate of drug-likeness (QED) is 0.570. The Bertz CT molecular complexity index is 1220. The number of aryl methyl sites for hydroxylation is 3. The molecule has 1 aliphatic carbocycles. The number of carbonyl (C=O) groups excluding carboxylic acids is 2. The van der Waals surface area contributed by atoms with Gasteiger partial charge in [-0.05, 0) is 72.7 Å². The van der Waals surface area contributed by atoms with Crippen LogP contribution in [0.15, 0.2) is 40.8 Å². The summed E-state index contributed by atoms with van der Waals surface area (Å²) in [4.78, 5) is 28.7. The second-order valence-corrected chi connectivity index (χ2v) is 10.1. The molecule has 3 aromatic rings. The molecule has 0 fully saturated rings. The normalized spacial score (nSPS) is 14.9. The average Bonchev–Trinajstić information content (AvgIpc) is 3.29. The smallest absolute Gasteiger partial charge is 0.253 e. The SMILES string of the molecule is CCc1nnc(C2(C[C@H](C)N)c3ccc(C(=O)N(C)C)cc3CCc3cc(C(=O)N(C)C)ccc32)o1. The fourth-order valence-corrected chi connectivity index (χ4v) is 5.22. The van der Waals surface area contributed by atoms with Crippen molar-refractivity contribution in [3.63, 3.8) is 0 Å². The van der Waals surface area contributed by atoms with Gasteiger partial charge in [0.2, 0.25) is 11.8 Å². The molecule has 1 aromatic heterocycles. The predicted octanol–water partition coefficient (Wildman–Crippen LogP) is 3.21. The van der Waals surface area contributed by atoms with Crippen LogP contribution in [0.1, 0.15) is 75.0 Å². The molecule has 8 nitrogen and oxygen atoms in total. The number of carbonyl (C=O) groups is 2. The van der Waals surface area contributed by atoms with Crippen molar-refractivity contribution in [1.29, 1.82) is 0 Å². The van der Waals surface area contributed by atoms with Gasteiger partial charge in [0, 0.05) is 51.8 Å². The highest BCUT2D eigenvalue weighted by Gasteiger charge is 2.46. The summed E-state index contributed by atoms with van der Waals surface area (Å²) in [5.74, 6) is 0.934. The Morgan fingerprint density at radius 2 is 1.44 bits per heavy atom. The number of hydrogen-bond acceptors (Lipinski definition) is 6. The molecule has 0 saturated heterocycles. The zero-order valence-electron chi connectivity index (χ0n) is 22.0. The highest BCUT2D eigenvalue weighted by Crippen LogP contribution is 2.47. The van der Waals surface area contributed by atoms with Crippen molar-refractivity contribution in [2.75, 3.05) is 28.2 Å². The first kappa shape index (κ1) is 25.6. The van der Waals surface area contributed by atoms with Crippen molar-refractivity contribution < 1.29 is 14.0 Å². The van der Waals surface area contributed by atoms with Gasteiger partial charge >= 0.3 is 0 Å². The van der Waals surface area contributed by atoms with E-state index in [-0.39, 0.29) is 17.9 Å². The van der Waals surface area contributed by atoms with E-state index in [0.717, 1.165) is 22.3 Å². The van der Waals surface area contributed by atoms with E-state index < -0.39 is 5.41 Å². The molecule has 0 unspecified atom stereocenters. The van der Waals surface area contributed by atoms with Crippen molar-refractivity contribution in [1.82, 2.24) is 20.0 Å². The van der Waals surface area contributed by atoms with E-state index in [1.54, 1.807) is 38.0 Å². The number of nitrogens with two attached hydrogens (primary N) is 1. The van der Waals surface area contributed by atoms with Gasteiger partial charge in [-0.3, -0.25) is 9.59 Å². The molecule has 190 valence electrons. The Kier molecular flexibility index (Phi) is 7.00. The number of rotatable bonds is 6. The molecule has 2 N–H and O–H groups in total. The molecule has 36 heavy (non-hydrogen) atoms. The molecule has 0 saturated carbocycles. The lowest BCUT2D eigenvalue weighted by molar-refractivity contribution is 0.0820. The lowest BCUT2D eigenvalue weighted by Gasteiger charge is -2.35. The summed E-state index contributed by atoms with van der Waals surface area (Å²) in [6, 6.07) is 11.5. The molecule has 8 heteroatoms. The maximum atomic E-state index is 12.8. The van der Waals surface area contributed by atoms with E-state index in [4.69, 9.17) is 10.2 Å². The number of fused-ring (bicyclic) bond motifs is 2. The molecule has 1 aliphatic rings. The first-order valence-electron chi connectivity index (χ1n) is 12.4. The monoisotopic (exact) mass is 489 g/mol. The molecule has 1 heterocycles. The van der Waals surface area contributed by atoms with Gasteiger partial charge in [-0.2, -0.15) is 0 Å². The van der Waals surface area contributed by atoms with Crippen LogP contribution in [0.4, 0.5) is 0 Å². The van der Waals surface area contributed by atoms with Crippen molar-refractivity contribution >= 4 is 11.8 Å². The maximum absolute atomic E-state index is 12.8. The Morgan fingerprint density at radius 1 is 0.944 bits per heavy atom. The second-order valence-electron chi connectivity index (χ2n) is 10.1. The van der Waals surface area contributed by atoms with Crippen molar-refractivity contribution in [3.05, 3.63) is 81.6 Å². The summed E-state index contributed by atoms with van der Waals surface area (Å²) in [5, 5.41) is 8.82. The predicted molar refractivity (Wildman–Crippen MR) is 138 cm³/mol. The minimum Gasteiger partial charge on any atom is -0.424 e. The molecule has 4 rings (SSSR count). The van der Waals surface area contributed by atoms with Gasteiger partial charge < -0.3 is 20.0 Å². The number of aromatic nitrogens is 2. The van der Waals surface area contributed by atoms with E-state index in [1.165, 1.54) is 0 Å². The molecule has 0 spiro atoms. The fourth-order valence-electron chi connectivity index (χ4n) is 5.22. The highest BCUT2D eigenvalue weighted by molar-refractivity contribution is 5.95. The topological polar surface area (TPSA) is 106 Å². The van der Waals surface area contributed by atoms with Gasteiger partial charge in [-0.1, -0.05) is 19.1 Å². The van der Waals surface area contributed by atoms with Crippen LogP contribution < -0.4 is 5.73 Å². The highest BCUT2D eigenvalue weighted by atomic mass is 16.4. The maximum Gasteiger partial charge on any atom is 0.253 e. The van der Waals surface area contributed by atoms with Crippen LogP contribution in [0.3, 0.4) is 0 Å². The van der Waals surface area contributed by atoms with Gasteiger partial charge in [-0.25, -0.2) is 0 Å². The van der Waals surface area contributed by atoms with E-state index in [9.17, 15) is 9.59 Å². The molecular weight excluding hydrogens is 454 g/mol. The lowest BCUT2D eigenvalue weighted by Crippen LogP contribution is -2.37. The molecule has 0 bridgehead atoms. The van der Waals surface area contributed by atoms with Gasteiger partial charge in [-0.15, -0.1) is 10.2 Å². The Balaban J connectivity index is 2.03. The van der Waals surface area contributed by atoms with Crippen LogP contribution in [0.5, 0.6) is 0 Å². The summed E-state index contributed by atoms with van der Waals surface area (Å²) in [7, 11) is 6.99. The average molecular weight is 490 g/mol. The van der Waals surface area contributed by atoms with Crippen molar-refractivity contribution in [2.24, 2.45) is 5.73 Å². The fraction of sp³-hybridized carbons (Fsp3) is 0.429. The largest absolute Gasteiger partial charge is 0.424 e. The van der Waals surface area contributed by atoms with E-state index in [1.807, 2.05) is 50.2 Å². The van der Waals surface area contributed by atoms with Gasteiger partial charge in [0.05, 0.1) is 0 Å². The zero-order valence-corrected chi connectivity index (χ0v) is 22.0. The summed E-state index contributed by atoms with van der Waals surface area (Å²) in [6.07, 6.45) is 2.55. The molecule has 2 amide bonds. The van der Waals surface area contributed by atoms with Gasteiger partial charge in [0.25, 0.3) is 11.8 Å². The van der Waals surface area contributed by atoms with Crippen LogP contribution in [0, 0.1) is 0 Å². The van der Waals surface area contributed by atoms with Crippen molar-refractivity contribution in [3.8, 4) is 0 Å². The van der Waals surface area contributed by atoms with E-state index in [2.05, 4.69) is 10.2 Å². The Morgan fingerprint density at radius 3 is 1.83 bits per heavy atom. The third kappa shape index (κ3) is 4.41. The summed E-state index contributed by atoms with van der Waals surface area (Å²) < 4.78 is 6.25. The molecule has 0 aliphatic heterocycles. The number of benzene rings is 2. The first-order chi connectivity index (χ1) is 17.1. The third-order valence-corrected chi connectivity index (χ3v) is 6.86. The van der Waals surface area contributed by atoms with Gasteiger partial charge in [0.1, 0.15) is 5.41 Å². The number of hydrogen-bond donors (Lipinski definition) is 1. The molecule has 0 radical (unpaired) electrons. The van der Waals surface area contributed by atoms with Crippen LogP contribution in [0.25, 0.3) is 0 Å². The minimum absolute atomic E-state index is 0.0534. The van der Waals surface area contributed by atoms with Crippen LogP contribution in [0.2, 0.25) is 0 Å². The number of nitrogens with zero attached hydrogens (tertiary/aromatic N) is 4. The van der Waals surface area contributed by atoms with Crippen LogP contribution in [-0.4, -0.2) is 66.0 Å². The molecule has 1 atom stereocenters. The molecule has 2 aromatic carbocycles. The van der Waals surface area contributed by atoms with Crippen LogP contribution >= 0.6 is 0 Å². The second kappa shape index (κ2) is 9.85. The summed E-state index contributed by atoms with van der Waals surface area (Å²) in [6.45, 7) is 3.94. The Hall–Kier alpha value is -3.52. The van der Waals surface area contributed by atoms with E-state index in [0.29, 0.717) is 48.6 Å². The van der Waals surface area contributed by atoms with Gasteiger partial charge in [0.15, 0.2) is 0 Å². The third-order valence-electron chi connectivity index (χ3n) is 6.86. The summed E-state index contributed by atoms with van der Waals surface area (Å²) >= 11 is 0. The van der Waals surface area contributed by atoms with Crippen molar-refractivity contribution in [2.45, 2.75) is 51.0 Å². The lowest BCUT2D eigenvalue weighted by atomic mass is 9.68. The van der Waals surface area contributed by atoms with Crippen LogP contribution in [-0.2, 0) is 24.7 Å². The standard InChI is InChI=1S/C28H35N5O3/c1-7-24-30-31-27(36-24)28(16-17(2)29)22-12-10-20(25(34)32(3)4)14-18(22)8-9-19-15-21(11-13-23(19)28)26(35)33(5)6/h10-15,17H,7-9,16,29H2,1-6H3/t17-/m0/s1. The number of amides is 2. The van der Waals surface area contributed by atoms with E-state index >= 15 is 0 Å². The summed E-state index contributed by atoms with van der Waals surface area (Å²) in [5.41, 5.74) is 11.0. The Labute approximate surface area is 212 Å². The minimum atomic E-state index is -0.810. The molecular formula is C28H35N5O3.